The van der Waals surface area contributed by atoms with E-state index in [-0.39, 0.29) is 12.1 Å². The lowest BCUT2D eigenvalue weighted by Gasteiger charge is -2.34. The molecule has 0 bridgehead atoms. The molecular weight excluding hydrogens is 376 g/mol. The van der Waals surface area contributed by atoms with Crippen molar-refractivity contribution in [3.63, 3.8) is 0 Å². The van der Waals surface area contributed by atoms with E-state index >= 15 is 0 Å². The molecule has 0 saturated heterocycles. The Labute approximate surface area is 174 Å². The van der Waals surface area contributed by atoms with Crippen molar-refractivity contribution in [2.75, 3.05) is 34.3 Å². The first kappa shape index (κ1) is 23.0. The van der Waals surface area contributed by atoms with Crippen LogP contribution in [0.25, 0.3) is 0 Å². The van der Waals surface area contributed by atoms with E-state index in [9.17, 15) is 4.79 Å². The minimum absolute atomic E-state index is 0.214. The lowest BCUT2D eigenvalue weighted by atomic mass is 9.92. The summed E-state index contributed by atoms with van der Waals surface area (Å²) in [5, 5.41) is 0.625. The van der Waals surface area contributed by atoms with E-state index in [1.54, 1.807) is 29.2 Å². The van der Waals surface area contributed by atoms with Gasteiger partial charge in [0.2, 0.25) is 0 Å². The van der Waals surface area contributed by atoms with Gasteiger partial charge in [0.25, 0.3) is 0 Å². The van der Waals surface area contributed by atoms with Gasteiger partial charge in [-0.3, -0.25) is 0 Å². The van der Waals surface area contributed by atoms with Gasteiger partial charge >= 0.3 is 6.09 Å². The maximum Gasteiger partial charge on any atom is 0.415 e. The fraction of sp³-hybridized carbons (Fsp3) is 0.682. The molecule has 0 spiro atoms. The van der Waals surface area contributed by atoms with Gasteiger partial charge in [-0.05, 0) is 83.4 Å². The lowest BCUT2D eigenvalue weighted by Crippen LogP contribution is -2.42. The van der Waals surface area contributed by atoms with Gasteiger partial charge in [-0.2, -0.15) is 0 Å². The number of ether oxygens (including phenoxy) is 2. The zero-order valence-electron chi connectivity index (χ0n) is 17.5. The van der Waals surface area contributed by atoms with Crippen LogP contribution in [0, 0.1) is 0 Å². The minimum Gasteiger partial charge on any atom is -0.410 e. The Hall–Kier alpha value is -1.30. The second kappa shape index (κ2) is 12.3. The van der Waals surface area contributed by atoms with E-state index in [0.29, 0.717) is 16.9 Å². The summed E-state index contributed by atoms with van der Waals surface area (Å²) in [6.45, 7) is 2.02. The first-order valence-corrected chi connectivity index (χ1v) is 10.8. The number of amides is 1. The number of hydrogen-bond donors (Lipinski definition) is 0. The molecule has 6 heteroatoms. The number of rotatable bonds is 10. The van der Waals surface area contributed by atoms with Gasteiger partial charge < -0.3 is 19.3 Å². The highest BCUT2D eigenvalue weighted by Crippen LogP contribution is 2.26. The molecule has 1 amide bonds. The Morgan fingerprint density at radius 2 is 1.64 bits per heavy atom. The topological polar surface area (TPSA) is 42.0 Å². The average Bonchev–Trinajstić information content (AvgIpc) is 2.68. The number of nitrogens with zero attached hydrogens (tertiary/aromatic N) is 2. The van der Waals surface area contributed by atoms with Crippen LogP contribution in [0.5, 0.6) is 5.75 Å². The Bertz CT molecular complexity index is 572. The fourth-order valence-corrected chi connectivity index (χ4v) is 3.68. The second-order valence-electron chi connectivity index (χ2n) is 7.95. The van der Waals surface area contributed by atoms with E-state index in [2.05, 4.69) is 19.0 Å². The SMILES string of the molecule is CN(C)CCCCCCOC1CCC(N(C)C(=O)Oc2ccc(Cl)cc2)CC1. The average molecular weight is 411 g/mol. The maximum absolute atomic E-state index is 12.4. The van der Waals surface area contributed by atoms with E-state index in [0.717, 1.165) is 38.7 Å². The molecule has 1 aliphatic carbocycles. The van der Waals surface area contributed by atoms with E-state index in [1.165, 1.54) is 25.8 Å². The number of halogens is 1. The summed E-state index contributed by atoms with van der Waals surface area (Å²) in [6, 6.07) is 7.06. The van der Waals surface area contributed by atoms with Crippen molar-refractivity contribution < 1.29 is 14.3 Å². The van der Waals surface area contributed by atoms with Crippen LogP contribution in [-0.2, 0) is 4.74 Å². The Morgan fingerprint density at radius 3 is 2.29 bits per heavy atom. The molecule has 0 N–H and O–H groups in total. The second-order valence-corrected chi connectivity index (χ2v) is 8.39. The van der Waals surface area contributed by atoms with Crippen LogP contribution in [0.3, 0.4) is 0 Å². The maximum atomic E-state index is 12.4. The third kappa shape index (κ3) is 8.38. The monoisotopic (exact) mass is 410 g/mol. The smallest absolute Gasteiger partial charge is 0.410 e. The standard InChI is InChI=1S/C22H35ClN2O3/c1-24(2)16-6-4-5-7-17-27-20-14-10-19(11-15-20)25(3)22(26)28-21-12-8-18(23)9-13-21/h8-9,12-13,19-20H,4-7,10-11,14-17H2,1-3H3. The Morgan fingerprint density at radius 1 is 1.00 bits per heavy atom. The number of carbonyl (C=O) groups is 1. The van der Waals surface area contributed by atoms with Crippen LogP contribution in [0.15, 0.2) is 24.3 Å². The summed E-state index contributed by atoms with van der Waals surface area (Å²) in [4.78, 5) is 16.3. The number of hydrogen-bond acceptors (Lipinski definition) is 4. The summed E-state index contributed by atoms with van der Waals surface area (Å²) in [5.41, 5.74) is 0. The van der Waals surface area contributed by atoms with Crippen molar-refractivity contribution in [2.45, 2.75) is 63.5 Å². The van der Waals surface area contributed by atoms with Crippen LogP contribution in [-0.4, -0.2) is 62.3 Å². The number of benzene rings is 1. The summed E-state index contributed by atoms with van der Waals surface area (Å²) in [5.74, 6) is 0.517. The zero-order chi connectivity index (χ0) is 20.4. The molecule has 1 fully saturated rings. The molecule has 28 heavy (non-hydrogen) atoms. The van der Waals surface area contributed by atoms with E-state index in [4.69, 9.17) is 21.1 Å². The summed E-state index contributed by atoms with van der Waals surface area (Å²) in [6.07, 6.45) is 8.85. The van der Waals surface area contributed by atoms with Gasteiger partial charge in [-0.25, -0.2) is 4.79 Å². The highest BCUT2D eigenvalue weighted by Gasteiger charge is 2.27. The van der Waals surface area contributed by atoms with Crippen LogP contribution < -0.4 is 4.74 Å². The van der Waals surface area contributed by atoms with E-state index < -0.39 is 0 Å². The highest BCUT2D eigenvalue weighted by molar-refractivity contribution is 6.30. The largest absolute Gasteiger partial charge is 0.415 e. The molecule has 5 nitrogen and oxygen atoms in total. The quantitative estimate of drug-likeness (QED) is 0.496. The first-order chi connectivity index (χ1) is 13.5. The fourth-order valence-electron chi connectivity index (χ4n) is 3.56. The Balaban J connectivity index is 1.59. The van der Waals surface area contributed by atoms with Crippen molar-refractivity contribution in [3.8, 4) is 5.75 Å². The highest BCUT2D eigenvalue weighted by atomic mass is 35.5. The van der Waals surface area contributed by atoms with Crippen molar-refractivity contribution in [1.82, 2.24) is 9.80 Å². The Kier molecular flexibility index (Phi) is 10.1. The van der Waals surface area contributed by atoms with Gasteiger partial charge in [0.15, 0.2) is 0 Å². The molecule has 0 atom stereocenters. The van der Waals surface area contributed by atoms with Gasteiger partial charge in [0, 0.05) is 24.7 Å². The minimum atomic E-state index is -0.315. The molecule has 2 rings (SSSR count). The summed E-state index contributed by atoms with van der Waals surface area (Å²) < 4.78 is 11.5. The van der Waals surface area contributed by atoms with Crippen LogP contribution in [0.1, 0.15) is 51.4 Å². The molecule has 0 radical (unpaired) electrons. The molecule has 158 valence electrons. The molecule has 1 saturated carbocycles. The van der Waals surface area contributed by atoms with Crippen molar-refractivity contribution in [1.29, 1.82) is 0 Å². The molecular formula is C22H35ClN2O3. The third-order valence-corrected chi connectivity index (χ3v) is 5.60. The van der Waals surface area contributed by atoms with Crippen molar-refractivity contribution in [2.24, 2.45) is 0 Å². The molecule has 1 aliphatic rings. The van der Waals surface area contributed by atoms with Crippen molar-refractivity contribution in [3.05, 3.63) is 29.3 Å². The molecule has 0 aliphatic heterocycles. The zero-order valence-corrected chi connectivity index (χ0v) is 18.3. The van der Waals surface area contributed by atoms with Crippen LogP contribution in [0.2, 0.25) is 5.02 Å². The predicted octanol–water partition coefficient (Wildman–Crippen LogP) is 5.22. The lowest BCUT2D eigenvalue weighted by molar-refractivity contribution is 0.0104. The third-order valence-electron chi connectivity index (χ3n) is 5.35. The van der Waals surface area contributed by atoms with Gasteiger partial charge in [-0.1, -0.05) is 24.4 Å². The van der Waals surface area contributed by atoms with Gasteiger partial charge in [0.1, 0.15) is 5.75 Å². The molecule has 0 unspecified atom stereocenters. The number of carbonyl (C=O) groups excluding carboxylic acids is 1. The van der Waals surface area contributed by atoms with Crippen LogP contribution in [0.4, 0.5) is 4.79 Å². The normalized spacial score (nSPS) is 19.6. The number of unbranched alkanes of at least 4 members (excludes halogenated alkanes) is 3. The predicted molar refractivity (Wildman–Crippen MR) is 114 cm³/mol. The van der Waals surface area contributed by atoms with Crippen molar-refractivity contribution >= 4 is 17.7 Å². The summed E-state index contributed by atoms with van der Waals surface area (Å²) >= 11 is 5.86. The molecule has 0 heterocycles. The summed E-state index contributed by atoms with van der Waals surface area (Å²) in [7, 11) is 6.06. The molecule has 1 aromatic carbocycles. The van der Waals surface area contributed by atoms with E-state index in [1.807, 2.05) is 7.05 Å². The van der Waals surface area contributed by atoms with Gasteiger partial charge in [0.05, 0.1) is 6.10 Å². The van der Waals surface area contributed by atoms with Gasteiger partial charge in [-0.15, -0.1) is 0 Å². The first-order valence-electron chi connectivity index (χ1n) is 10.4. The molecule has 1 aromatic rings. The molecule has 0 aromatic heterocycles. The van der Waals surface area contributed by atoms with Crippen LogP contribution >= 0.6 is 11.6 Å².